The Labute approximate surface area is 59.6 Å². The highest BCUT2D eigenvalue weighted by molar-refractivity contribution is 5.74. The number of rotatable bonds is 3. The highest BCUT2D eigenvalue weighted by Gasteiger charge is 2.30. The van der Waals surface area contributed by atoms with E-state index in [1.807, 2.05) is 6.07 Å². The molecule has 0 saturated heterocycles. The first-order chi connectivity index (χ1) is 4.84. The molecule has 3 heteroatoms. The molecule has 0 aromatic rings. The van der Waals surface area contributed by atoms with E-state index in [9.17, 15) is 4.79 Å². The third kappa shape index (κ3) is 2.06. The summed E-state index contributed by atoms with van der Waals surface area (Å²) in [6.07, 6.45) is 2.23. The van der Waals surface area contributed by atoms with E-state index in [1.165, 1.54) is 0 Å². The minimum absolute atomic E-state index is 0.129. The molecule has 0 spiro atoms. The SMILES string of the molecule is N#CCCOC(=O)C1CC1. The van der Waals surface area contributed by atoms with Crippen LogP contribution in [-0.4, -0.2) is 12.6 Å². The standard InChI is InChI=1S/C7H9NO2/c8-4-1-5-10-7(9)6-2-3-6/h6H,1-3,5H2. The largest absolute Gasteiger partial charge is 0.464 e. The lowest BCUT2D eigenvalue weighted by Gasteiger charge is -1.97. The van der Waals surface area contributed by atoms with E-state index in [2.05, 4.69) is 0 Å². The number of carbonyl (C=O) groups excluding carboxylic acids is 1. The van der Waals surface area contributed by atoms with Crippen molar-refractivity contribution in [3.05, 3.63) is 0 Å². The summed E-state index contributed by atoms with van der Waals surface area (Å²) >= 11 is 0. The van der Waals surface area contributed by atoms with E-state index in [-0.39, 0.29) is 18.5 Å². The van der Waals surface area contributed by atoms with E-state index < -0.39 is 0 Å². The van der Waals surface area contributed by atoms with Crippen molar-refractivity contribution < 1.29 is 9.53 Å². The number of nitrogens with zero attached hydrogens (tertiary/aromatic N) is 1. The van der Waals surface area contributed by atoms with Crippen LogP contribution in [0.2, 0.25) is 0 Å². The molecule has 1 rings (SSSR count). The Balaban J connectivity index is 2.02. The van der Waals surface area contributed by atoms with E-state index in [0.717, 1.165) is 12.8 Å². The van der Waals surface area contributed by atoms with Crippen molar-refractivity contribution in [3.8, 4) is 6.07 Å². The van der Waals surface area contributed by atoms with E-state index in [1.54, 1.807) is 0 Å². The lowest BCUT2D eigenvalue weighted by atomic mass is 10.4. The molecule has 0 aromatic carbocycles. The summed E-state index contributed by atoms with van der Waals surface area (Å²) in [6, 6.07) is 1.91. The van der Waals surface area contributed by atoms with Gasteiger partial charge in [0.2, 0.25) is 0 Å². The lowest BCUT2D eigenvalue weighted by Crippen LogP contribution is -2.06. The summed E-state index contributed by atoms with van der Waals surface area (Å²) in [6.45, 7) is 0.256. The second-order valence-electron chi connectivity index (χ2n) is 2.35. The molecule has 1 aliphatic rings. The molecule has 3 nitrogen and oxygen atoms in total. The van der Waals surface area contributed by atoms with Gasteiger partial charge in [0.25, 0.3) is 0 Å². The summed E-state index contributed by atoms with van der Waals surface area (Å²) < 4.78 is 4.74. The topological polar surface area (TPSA) is 50.1 Å². The van der Waals surface area contributed by atoms with Gasteiger partial charge in [0.1, 0.15) is 6.61 Å². The Morgan fingerprint density at radius 3 is 2.90 bits per heavy atom. The Bertz CT molecular complexity index is 167. The molecule has 0 atom stereocenters. The van der Waals surface area contributed by atoms with Gasteiger partial charge >= 0.3 is 5.97 Å². The molecule has 0 N–H and O–H groups in total. The maximum absolute atomic E-state index is 10.7. The van der Waals surface area contributed by atoms with Gasteiger partial charge in [-0.1, -0.05) is 0 Å². The van der Waals surface area contributed by atoms with Gasteiger partial charge in [0.15, 0.2) is 0 Å². The van der Waals surface area contributed by atoms with Crippen molar-refractivity contribution in [1.82, 2.24) is 0 Å². The van der Waals surface area contributed by atoms with Gasteiger partial charge in [-0.05, 0) is 12.8 Å². The maximum atomic E-state index is 10.7. The summed E-state index contributed by atoms with van der Waals surface area (Å²) in [5.41, 5.74) is 0. The van der Waals surface area contributed by atoms with E-state index >= 15 is 0 Å². The quantitative estimate of drug-likeness (QED) is 0.430. The average molecular weight is 139 g/mol. The number of esters is 1. The van der Waals surface area contributed by atoms with Crippen molar-refractivity contribution in [2.24, 2.45) is 5.92 Å². The van der Waals surface area contributed by atoms with Crippen molar-refractivity contribution in [1.29, 1.82) is 5.26 Å². The molecule has 0 aliphatic heterocycles. The smallest absolute Gasteiger partial charge is 0.308 e. The Kier molecular flexibility index (Phi) is 2.27. The predicted octanol–water partition coefficient (Wildman–Crippen LogP) is 0.853. The van der Waals surface area contributed by atoms with Crippen LogP contribution in [0.5, 0.6) is 0 Å². The van der Waals surface area contributed by atoms with Gasteiger partial charge in [-0.3, -0.25) is 4.79 Å². The van der Waals surface area contributed by atoms with Crippen LogP contribution in [0.4, 0.5) is 0 Å². The molecule has 54 valence electrons. The third-order valence-electron chi connectivity index (χ3n) is 1.37. The summed E-state index contributed by atoms with van der Waals surface area (Å²) in [5.74, 6) is 0.0222. The number of hydrogen-bond acceptors (Lipinski definition) is 3. The van der Waals surface area contributed by atoms with Gasteiger partial charge < -0.3 is 4.74 Å². The second kappa shape index (κ2) is 3.21. The number of ether oxygens (including phenoxy) is 1. The summed E-state index contributed by atoms with van der Waals surface area (Å²) in [5, 5.41) is 8.09. The maximum Gasteiger partial charge on any atom is 0.308 e. The summed E-state index contributed by atoms with van der Waals surface area (Å²) in [4.78, 5) is 10.7. The molecular formula is C7H9NO2. The van der Waals surface area contributed by atoms with Gasteiger partial charge in [0.05, 0.1) is 18.4 Å². The summed E-state index contributed by atoms with van der Waals surface area (Å²) in [7, 11) is 0. The number of nitriles is 1. The van der Waals surface area contributed by atoms with Crippen molar-refractivity contribution in [3.63, 3.8) is 0 Å². The molecule has 0 aromatic heterocycles. The Hall–Kier alpha value is -1.04. The zero-order valence-electron chi connectivity index (χ0n) is 5.67. The normalized spacial score (nSPS) is 15.9. The molecule has 0 amide bonds. The molecule has 1 saturated carbocycles. The number of carbonyl (C=O) groups is 1. The molecule has 0 unspecified atom stereocenters. The minimum atomic E-state index is -0.129. The minimum Gasteiger partial charge on any atom is -0.464 e. The van der Waals surface area contributed by atoms with E-state index in [0.29, 0.717) is 6.42 Å². The molecule has 0 bridgehead atoms. The molecule has 0 radical (unpaired) electrons. The Morgan fingerprint density at radius 2 is 2.40 bits per heavy atom. The molecule has 10 heavy (non-hydrogen) atoms. The zero-order valence-corrected chi connectivity index (χ0v) is 5.67. The van der Waals surface area contributed by atoms with Crippen LogP contribution in [0, 0.1) is 17.2 Å². The lowest BCUT2D eigenvalue weighted by molar-refractivity contribution is -0.144. The van der Waals surface area contributed by atoms with Crippen LogP contribution < -0.4 is 0 Å². The van der Waals surface area contributed by atoms with Crippen LogP contribution in [0.25, 0.3) is 0 Å². The highest BCUT2D eigenvalue weighted by atomic mass is 16.5. The fourth-order valence-electron chi connectivity index (χ4n) is 0.634. The third-order valence-corrected chi connectivity index (χ3v) is 1.37. The Morgan fingerprint density at radius 1 is 1.70 bits per heavy atom. The highest BCUT2D eigenvalue weighted by Crippen LogP contribution is 2.29. The van der Waals surface area contributed by atoms with Gasteiger partial charge in [-0.15, -0.1) is 0 Å². The van der Waals surface area contributed by atoms with Crippen LogP contribution in [0.3, 0.4) is 0 Å². The predicted molar refractivity (Wildman–Crippen MR) is 33.9 cm³/mol. The molecule has 0 heterocycles. The first-order valence-corrected chi connectivity index (χ1v) is 3.38. The van der Waals surface area contributed by atoms with Gasteiger partial charge in [0, 0.05) is 0 Å². The first kappa shape index (κ1) is 7.07. The van der Waals surface area contributed by atoms with Crippen LogP contribution >= 0.6 is 0 Å². The van der Waals surface area contributed by atoms with Crippen molar-refractivity contribution in [2.45, 2.75) is 19.3 Å². The van der Waals surface area contributed by atoms with Gasteiger partial charge in [-0.25, -0.2) is 0 Å². The molecule has 1 aliphatic carbocycles. The second-order valence-corrected chi connectivity index (χ2v) is 2.35. The molecule has 1 fully saturated rings. The van der Waals surface area contributed by atoms with Gasteiger partial charge in [-0.2, -0.15) is 5.26 Å². The fourth-order valence-corrected chi connectivity index (χ4v) is 0.634. The average Bonchev–Trinajstić information content (AvgIpc) is 2.69. The van der Waals surface area contributed by atoms with Crippen LogP contribution in [0.15, 0.2) is 0 Å². The van der Waals surface area contributed by atoms with Crippen LogP contribution in [-0.2, 0) is 9.53 Å². The fraction of sp³-hybridized carbons (Fsp3) is 0.714. The van der Waals surface area contributed by atoms with Crippen molar-refractivity contribution in [2.75, 3.05) is 6.61 Å². The number of hydrogen-bond donors (Lipinski definition) is 0. The first-order valence-electron chi connectivity index (χ1n) is 3.38. The van der Waals surface area contributed by atoms with Crippen LogP contribution in [0.1, 0.15) is 19.3 Å². The van der Waals surface area contributed by atoms with E-state index in [4.69, 9.17) is 10.00 Å². The monoisotopic (exact) mass is 139 g/mol. The van der Waals surface area contributed by atoms with Crippen molar-refractivity contribution >= 4 is 5.97 Å². The molecular weight excluding hydrogens is 130 g/mol. The zero-order chi connectivity index (χ0) is 7.40.